The molecule has 10 rings (SSSR count). The average Bonchev–Trinajstić information content (AvgIpc) is 3.63. The van der Waals surface area contributed by atoms with Crippen LogP contribution in [-0.4, -0.2) is 31.0 Å². The van der Waals surface area contributed by atoms with E-state index in [1.165, 1.54) is 16.7 Å². The molecule has 0 N–H and O–H groups in total. The van der Waals surface area contributed by atoms with Crippen LogP contribution in [0.25, 0.3) is 100 Å². The summed E-state index contributed by atoms with van der Waals surface area (Å²) < 4.78 is 7.36. The van der Waals surface area contributed by atoms with Crippen LogP contribution in [0.2, 0.25) is 0 Å². The molecule has 0 saturated heterocycles. The van der Waals surface area contributed by atoms with E-state index in [9.17, 15) is 0 Å². The van der Waals surface area contributed by atoms with E-state index >= 15 is 0 Å². The second-order valence-corrected chi connectivity index (χ2v) is 14.1. The zero-order valence-electron chi connectivity index (χ0n) is 29.0. The van der Waals surface area contributed by atoms with Gasteiger partial charge in [0.05, 0.1) is 0 Å². The fourth-order valence-electron chi connectivity index (χ4n) is 7.50. The maximum absolute atomic E-state index is 6.26. The molecule has 8 aromatic carbocycles. The van der Waals surface area contributed by atoms with Gasteiger partial charge in [0.15, 0.2) is 0 Å². The molecule has 0 amide bonds. The summed E-state index contributed by atoms with van der Waals surface area (Å²) in [5.41, 5.74) is 11.4. The molecule has 0 bridgehead atoms. The maximum atomic E-state index is 6.26. The van der Waals surface area contributed by atoms with Gasteiger partial charge in [-0.3, -0.25) is 0 Å². The number of benzene rings is 8. The van der Waals surface area contributed by atoms with Gasteiger partial charge in [-0.15, -0.1) is 0 Å². The fraction of sp³-hybridized carbons (Fsp3) is 0. The third kappa shape index (κ3) is 5.59. The Balaban J connectivity index is 1.14. The molecule has 0 saturated carbocycles. The van der Waals surface area contributed by atoms with E-state index < -0.39 is 0 Å². The van der Waals surface area contributed by atoms with Gasteiger partial charge in [-0.1, -0.05) is 24.3 Å². The first kappa shape index (κ1) is 32.0. The van der Waals surface area contributed by atoms with Gasteiger partial charge in [-0.05, 0) is 12.1 Å². The van der Waals surface area contributed by atoms with Gasteiger partial charge in [0.2, 0.25) is 0 Å². The monoisotopic (exact) mass is 756 g/mol. The third-order valence-electron chi connectivity index (χ3n) is 10.1. The molecule has 54 heavy (non-hydrogen) atoms. The zero-order chi connectivity index (χ0) is 36.0. The predicted octanol–water partition coefficient (Wildman–Crippen LogP) is 11.7. The molecule has 4 nitrogen and oxygen atoms in total. The summed E-state index contributed by atoms with van der Waals surface area (Å²) in [7, 11) is 0. The van der Waals surface area contributed by atoms with Gasteiger partial charge in [-0.2, -0.15) is 0 Å². The first-order chi connectivity index (χ1) is 26.7. The van der Waals surface area contributed by atoms with Crippen molar-refractivity contribution in [1.82, 2.24) is 15.0 Å². The molecule has 253 valence electrons. The molecule has 0 aliphatic rings. The molecule has 0 fully saturated rings. The summed E-state index contributed by atoms with van der Waals surface area (Å²) in [6.45, 7) is 0. The molecule has 0 spiro atoms. The number of furan rings is 1. The second kappa shape index (κ2) is 13.4. The van der Waals surface area contributed by atoms with Crippen molar-refractivity contribution in [3.05, 3.63) is 182 Å². The summed E-state index contributed by atoms with van der Waals surface area (Å²) in [6, 6.07) is 63.0. The summed E-state index contributed by atoms with van der Waals surface area (Å²) in [4.78, 5) is 15.4. The number of aromatic nitrogens is 3. The van der Waals surface area contributed by atoms with E-state index in [2.05, 4.69) is 137 Å². The van der Waals surface area contributed by atoms with Gasteiger partial charge in [0.1, 0.15) is 5.58 Å². The first-order valence-electron chi connectivity index (χ1n) is 17.9. The molecular weight excluding hydrogens is 726 g/mol. The van der Waals surface area contributed by atoms with Gasteiger partial charge < -0.3 is 4.42 Å². The van der Waals surface area contributed by atoms with E-state index in [0.29, 0.717) is 17.5 Å². The van der Waals surface area contributed by atoms with Crippen molar-refractivity contribution in [3.63, 3.8) is 0 Å². The van der Waals surface area contributed by atoms with Crippen LogP contribution in [-0.2, 0) is 0 Å². The number of para-hydroxylation sites is 1. The quantitative estimate of drug-likeness (QED) is 0.159. The molecule has 5 heteroatoms. The number of hydrogen-bond donors (Lipinski definition) is 0. The number of hydrogen-bond acceptors (Lipinski definition) is 4. The summed E-state index contributed by atoms with van der Waals surface area (Å²) in [5.74, 6) is 1.82. The Morgan fingerprint density at radius 1 is 0.333 bits per heavy atom. The van der Waals surface area contributed by atoms with Gasteiger partial charge in [0.25, 0.3) is 0 Å². The molecule has 0 atom stereocenters. The third-order valence-corrected chi connectivity index (χ3v) is 11.0. The predicted molar refractivity (Wildman–Crippen MR) is 223 cm³/mol. The molecule has 0 unspecified atom stereocenters. The molecule has 10 aromatic rings. The molecule has 2 heterocycles. The van der Waals surface area contributed by atoms with Crippen LogP contribution >= 0.6 is 0 Å². The Labute approximate surface area is 320 Å². The van der Waals surface area contributed by atoms with Crippen molar-refractivity contribution in [1.29, 1.82) is 0 Å². The Morgan fingerprint density at radius 3 is 1.65 bits per heavy atom. The average molecular weight is 756 g/mol. The minimum atomic E-state index is 0.597. The van der Waals surface area contributed by atoms with E-state index in [0.717, 1.165) is 70.6 Å². The van der Waals surface area contributed by atoms with Crippen LogP contribution in [0.15, 0.2) is 186 Å². The standard InChI is InChI=1S/C49H30N3OSe/c54-46-35(34-19-11-18-33(30-34)31-14-3-1-4-15-31)23-12-24-39(46)38-28-29-40(37-21-8-7-20-36(37)38)48-50-47(32-16-5-2-6-17-32)51-49(52-48)42-25-13-27-44-45(42)41-22-9-10-26-43(41)53-44/h1-30H. The van der Waals surface area contributed by atoms with Gasteiger partial charge in [-0.25, -0.2) is 0 Å². The summed E-state index contributed by atoms with van der Waals surface area (Å²) in [5, 5.41) is 4.20. The summed E-state index contributed by atoms with van der Waals surface area (Å²) >= 11 is 3.44. The van der Waals surface area contributed by atoms with Crippen LogP contribution < -0.4 is 4.46 Å². The zero-order valence-corrected chi connectivity index (χ0v) is 30.7. The summed E-state index contributed by atoms with van der Waals surface area (Å²) in [6.07, 6.45) is 0. The second-order valence-electron chi connectivity index (χ2n) is 13.3. The van der Waals surface area contributed by atoms with Crippen LogP contribution in [0, 0.1) is 0 Å². The topological polar surface area (TPSA) is 51.8 Å². The van der Waals surface area contributed by atoms with Gasteiger partial charge >= 0.3 is 276 Å². The molecule has 0 aliphatic carbocycles. The van der Waals surface area contributed by atoms with E-state index in [4.69, 9.17) is 19.4 Å². The Bertz CT molecular complexity index is 3010. The number of rotatable bonds is 6. The Hall–Kier alpha value is -6.65. The van der Waals surface area contributed by atoms with Crippen molar-refractivity contribution < 1.29 is 4.42 Å². The van der Waals surface area contributed by atoms with Crippen molar-refractivity contribution in [2.45, 2.75) is 0 Å². The van der Waals surface area contributed by atoms with Crippen molar-refractivity contribution in [2.75, 3.05) is 0 Å². The van der Waals surface area contributed by atoms with Crippen LogP contribution in [0.5, 0.6) is 0 Å². The van der Waals surface area contributed by atoms with Crippen LogP contribution in [0.4, 0.5) is 0 Å². The fourth-order valence-corrected chi connectivity index (χ4v) is 8.26. The molecular formula is C49H30N3OSe. The molecule has 2 aromatic heterocycles. The Morgan fingerprint density at radius 2 is 0.852 bits per heavy atom. The van der Waals surface area contributed by atoms with E-state index in [1.807, 2.05) is 60.7 Å². The molecule has 0 aliphatic heterocycles. The first-order valence-corrected chi connectivity index (χ1v) is 18.8. The Kier molecular flexibility index (Phi) is 7.95. The van der Waals surface area contributed by atoms with E-state index in [1.54, 1.807) is 0 Å². The van der Waals surface area contributed by atoms with Crippen molar-refractivity contribution in [3.8, 4) is 67.5 Å². The van der Waals surface area contributed by atoms with Crippen LogP contribution in [0.3, 0.4) is 0 Å². The van der Waals surface area contributed by atoms with Gasteiger partial charge in [0, 0.05) is 0 Å². The normalized spacial score (nSPS) is 11.4. The van der Waals surface area contributed by atoms with E-state index in [-0.39, 0.29) is 0 Å². The number of fused-ring (bicyclic) bond motifs is 4. The SMILES string of the molecule is [Se]c1c(-c2cccc(-c3ccccc3)c2)cccc1-c1ccc(-c2nc(-c3ccccc3)nc(-c3cccc4oc5ccccc5c34)n2)c2ccccc12. The minimum absolute atomic E-state index is 0.597. The number of nitrogens with zero attached hydrogens (tertiary/aromatic N) is 3. The van der Waals surface area contributed by atoms with Crippen LogP contribution in [0.1, 0.15) is 0 Å². The molecule has 1 radical (unpaired) electrons. The van der Waals surface area contributed by atoms with Crippen molar-refractivity contribution in [2.24, 2.45) is 0 Å². The van der Waals surface area contributed by atoms with Crippen molar-refractivity contribution >= 4 is 53.2 Å².